The van der Waals surface area contributed by atoms with Crippen LogP contribution in [0.15, 0.2) is 24.3 Å². The molecule has 6 heteroatoms. The first-order chi connectivity index (χ1) is 8.90. The summed E-state index contributed by atoms with van der Waals surface area (Å²) >= 11 is 0. The maximum atomic E-state index is 12.6. The van der Waals surface area contributed by atoms with Crippen molar-refractivity contribution in [2.45, 2.75) is 25.6 Å². The smallest absolute Gasteiger partial charge is 0.416 e. The van der Waals surface area contributed by atoms with Crippen molar-refractivity contribution < 1.29 is 27.4 Å². The molecule has 1 rings (SSSR count). The lowest BCUT2D eigenvalue weighted by atomic mass is 10.1. The number of carbonyl (C=O) groups is 1. The second kappa shape index (κ2) is 6.56. The van der Waals surface area contributed by atoms with E-state index in [1.54, 1.807) is 0 Å². The van der Waals surface area contributed by atoms with E-state index in [1.807, 2.05) is 6.92 Å². The molecule has 0 spiro atoms. The predicted octanol–water partition coefficient (Wildman–Crippen LogP) is 3.35. The minimum atomic E-state index is -4.46. The first-order valence-electron chi connectivity index (χ1n) is 5.76. The van der Waals surface area contributed by atoms with Crippen LogP contribution in [0.25, 0.3) is 0 Å². The first kappa shape index (κ1) is 15.5. The number of alkyl halides is 3. The molecule has 1 aromatic carbocycles. The molecule has 106 valence electrons. The maximum absolute atomic E-state index is 12.6. The summed E-state index contributed by atoms with van der Waals surface area (Å²) in [6, 6.07) is 4.46. The average molecular weight is 276 g/mol. The van der Waals surface area contributed by atoms with Gasteiger partial charge in [0.25, 0.3) is 0 Å². The SMILES string of the molecule is CCCOC(=O)C(OC)c1cccc(C(F)(F)F)c1. The van der Waals surface area contributed by atoms with Gasteiger partial charge in [-0.1, -0.05) is 19.1 Å². The molecular weight excluding hydrogens is 261 g/mol. The van der Waals surface area contributed by atoms with Crippen LogP contribution in [0.2, 0.25) is 0 Å². The lowest BCUT2D eigenvalue weighted by Gasteiger charge is -2.16. The van der Waals surface area contributed by atoms with Gasteiger partial charge >= 0.3 is 12.1 Å². The minimum absolute atomic E-state index is 0.124. The zero-order valence-corrected chi connectivity index (χ0v) is 10.7. The average Bonchev–Trinajstić information content (AvgIpc) is 2.36. The largest absolute Gasteiger partial charge is 0.464 e. The van der Waals surface area contributed by atoms with Crippen molar-refractivity contribution in [2.24, 2.45) is 0 Å². The van der Waals surface area contributed by atoms with Gasteiger partial charge in [0.15, 0.2) is 6.10 Å². The monoisotopic (exact) mass is 276 g/mol. The highest BCUT2D eigenvalue weighted by Crippen LogP contribution is 2.31. The standard InChI is InChI=1S/C13H15F3O3/c1-3-7-19-12(17)11(18-2)9-5-4-6-10(8-9)13(14,15)16/h4-6,8,11H,3,7H2,1-2H3. The van der Waals surface area contributed by atoms with Gasteiger partial charge < -0.3 is 9.47 Å². The van der Waals surface area contributed by atoms with E-state index in [4.69, 9.17) is 9.47 Å². The molecule has 19 heavy (non-hydrogen) atoms. The molecule has 0 amide bonds. The van der Waals surface area contributed by atoms with Crippen molar-refractivity contribution in [3.8, 4) is 0 Å². The zero-order valence-electron chi connectivity index (χ0n) is 10.7. The fraction of sp³-hybridized carbons (Fsp3) is 0.462. The Hall–Kier alpha value is -1.56. The minimum Gasteiger partial charge on any atom is -0.464 e. The van der Waals surface area contributed by atoms with Gasteiger partial charge in [-0.3, -0.25) is 0 Å². The Labute approximate surface area is 109 Å². The summed E-state index contributed by atoms with van der Waals surface area (Å²) in [5.41, 5.74) is -0.700. The fourth-order valence-corrected chi connectivity index (χ4v) is 1.52. The topological polar surface area (TPSA) is 35.5 Å². The quantitative estimate of drug-likeness (QED) is 0.774. The molecule has 0 aromatic heterocycles. The number of hydrogen-bond donors (Lipinski definition) is 0. The van der Waals surface area contributed by atoms with Crippen LogP contribution in [0.1, 0.15) is 30.6 Å². The van der Waals surface area contributed by atoms with Crippen LogP contribution in [0.5, 0.6) is 0 Å². The van der Waals surface area contributed by atoms with Crippen molar-refractivity contribution in [1.29, 1.82) is 0 Å². The Balaban J connectivity index is 2.96. The van der Waals surface area contributed by atoms with E-state index in [0.29, 0.717) is 6.42 Å². The van der Waals surface area contributed by atoms with E-state index in [9.17, 15) is 18.0 Å². The van der Waals surface area contributed by atoms with Gasteiger partial charge in [-0.05, 0) is 24.1 Å². The van der Waals surface area contributed by atoms with Crippen molar-refractivity contribution >= 4 is 5.97 Å². The fourth-order valence-electron chi connectivity index (χ4n) is 1.52. The molecule has 0 aliphatic rings. The lowest BCUT2D eigenvalue weighted by molar-refractivity contribution is -0.156. The Kier molecular flexibility index (Phi) is 5.35. The van der Waals surface area contributed by atoms with Crippen LogP contribution in [-0.2, 0) is 20.4 Å². The number of methoxy groups -OCH3 is 1. The van der Waals surface area contributed by atoms with E-state index < -0.39 is 23.8 Å². The molecule has 0 saturated carbocycles. The van der Waals surface area contributed by atoms with Gasteiger partial charge in [0, 0.05) is 7.11 Å². The summed E-state index contributed by atoms with van der Waals surface area (Å²) in [4.78, 5) is 11.7. The molecule has 1 atom stereocenters. The van der Waals surface area contributed by atoms with Crippen LogP contribution in [-0.4, -0.2) is 19.7 Å². The molecule has 0 N–H and O–H groups in total. The zero-order chi connectivity index (χ0) is 14.5. The Morgan fingerprint density at radius 1 is 1.37 bits per heavy atom. The van der Waals surface area contributed by atoms with Crippen LogP contribution in [0.4, 0.5) is 13.2 Å². The second-order valence-electron chi connectivity index (χ2n) is 3.91. The van der Waals surface area contributed by atoms with Gasteiger partial charge in [-0.25, -0.2) is 4.79 Å². The van der Waals surface area contributed by atoms with Crippen molar-refractivity contribution in [3.05, 3.63) is 35.4 Å². The summed E-state index contributed by atoms with van der Waals surface area (Å²) in [6.45, 7) is 2.02. The third-order valence-electron chi connectivity index (χ3n) is 2.41. The number of benzene rings is 1. The van der Waals surface area contributed by atoms with Gasteiger partial charge in [-0.2, -0.15) is 13.2 Å². The number of esters is 1. The third kappa shape index (κ3) is 4.24. The van der Waals surface area contributed by atoms with Crippen molar-refractivity contribution in [3.63, 3.8) is 0 Å². The van der Waals surface area contributed by atoms with E-state index in [1.165, 1.54) is 19.2 Å². The van der Waals surface area contributed by atoms with Crippen LogP contribution in [0, 0.1) is 0 Å². The molecule has 0 radical (unpaired) electrons. The van der Waals surface area contributed by atoms with Crippen LogP contribution < -0.4 is 0 Å². The normalized spacial score (nSPS) is 13.1. The second-order valence-corrected chi connectivity index (χ2v) is 3.91. The lowest BCUT2D eigenvalue weighted by Crippen LogP contribution is -2.19. The highest BCUT2D eigenvalue weighted by Gasteiger charge is 2.32. The highest BCUT2D eigenvalue weighted by molar-refractivity contribution is 5.76. The summed E-state index contributed by atoms with van der Waals surface area (Å²) in [5, 5.41) is 0. The molecule has 3 nitrogen and oxygen atoms in total. The molecule has 0 saturated heterocycles. The van der Waals surface area contributed by atoms with E-state index >= 15 is 0 Å². The van der Waals surface area contributed by atoms with E-state index in [-0.39, 0.29) is 12.2 Å². The summed E-state index contributed by atoms with van der Waals surface area (Å²) < 4.78 is 47.5. The van der Waals surface area contributed by atoms with E-state index in [0.717, 1.165) is 12.1 Å². The Morgan fingerprint density at radius 2 is 2.05 bits per heavy atom. The number of ether oxygens (including phenoxy) is 2. The summed E-state index contributed by atoms with van der Waals surface area (Å²) in [6.07, 6.45) is -4.97. The molecule has 0 bridgehead atoms. The molecule has 1 aromatic rings. The molecule has 0 aliphatic carbocycles. The molecule has 1 unspecified atom stereocenters. The van der Waals surface area contributed by atoms with Gasteiger partial charge in [0.05, 0.1) is 12.2 Å². The summed E-state index contributed by atoms with van der Waals surface area (Å²) in [7, 11) is 1.25. The third-order valence-corrected chi connectivity index (χ3v) is 2.41. The first-order valence-corrected chi connectivity index (χ1v) is 5.76. The number of carbonyl (C=O) groups excluding carboxylic acids is 1. The van der Waals surface area contributed by atoms with Gasteiger partial charge in [-0.15, -0.1) is 0 Å². The Morgan fingerprint density at radius 3 is 2.58 bits per heavy atom. The number of rotatable bonds is 5. The number of halogens is 3. The van der Waals surface area contributed by atoms with Gasteiger partial charge in [0.2, 0.25) is 0 Å². The van der Waals surface area contributed by atoms with Crippen LogP contribution >= 0.6 is 0 Å². The van der Waals surface area contributed by atoms with Crippen molar-refractivity contribution in [1.82, 2.24) is 0 Å². The highest BCUT2D eigenvalue weighted by atomic mass is 19.4. The van der Waals surface area contributed by atoms with Crippen molar-refractivity contribution in [2.75, 3.05) is 13.7 Å². The maximum Gasteiger partial charge on any atom is 0.416 e. The molecule has 0 aliphatic heterocycles. The van der Waals surface area contributed by atoms with E-state index in [2.05, 4.69) is 0 Å². The molecular formula is C13H15F3O3. The predicted molar refractivity (Wildman–Crippen MR) is 62.4 cm³/mol. The molecule has 0 fully saturated rings. The molecule has 0 heterocycles. The summed E-state index contributed by atoms with van der Waals surface area (Å²) in [5.74, 6) is -0.691. The van der Waals surface area contributed by atoms with Crippen LogP contribution in [0.3, 0.4) is 0 Å². The number of hydrogen-bond acceptors (Lipinski definition) is 3. The van der Waals surface area contributed by atoms with Gasteiger partial charge in [0.1, 0.15) is 0 Å². The Bertz CT molecular complexity index is 429.